The van der Waals surface area contributed by atoms with Crippen molar-refractivity contribution in [1.82, 2.24) is 15.0 Å². The Morgan fingerprint density at radius 1 is 0.286 bits per heavy atom. The topological polar surface area (TPSA) is 41.7 Å². The molecular weight excluding hydrogens is 933 g/mol. The summed E-state index contributed by atoms with van der Waals surface area (Å²) in [5.74, 6) is 0. The number of pyridine rings is 3. The lowest BCUT2D eigenvalue weighted by atomic mass is 9.83. The summed E-state index contributed by atoms with van der Waals surface area (Å²) in [6, 6.07) is 91.3. The Morgan fingerprint density at radius 2 is 0.688 bits per heavy atom. The monoisotopic (exact) mass is 981 g/mol. The van der Waals surface area contributed by atoms with Gasteiger partial charge in [-0.3, -0.25) is 9.97 Å². The molecular formula is C73H49N4+. The zero-order valence-corrected chi connectivity index (χ0v) is 42.1. The molecule has 12 aromatic rings. The van der Waals surface area contributed by atoms with Crippen LogP contribution in [0.25, 0.3) is 123 Å². The molecule has 0 aliphatic carbocycles. The molecule has 360 valence electrons. The number of nitrogens with zero attached hydrogens (tertiary/aromatic N) is 4. The molecule has 4 heteroatoms. The van der Waals surface area contributed by atoms with Gasteiger partial charge in [-0.05, 0) is 103 Å². The van der Waals surface area contributed by atoms with Gasteiger partial charge in [-0.1, -0.05) is 224 Å². The van der Waals surface area contributed by atoms with Crippen LogP contribution >= 0.6 is 0 Å². The second kappa shape index (κ2) is 19.6. The van der Waals surface area contributed by atoms with Gasteiger partial charge in [0.15, 0.2) is 6.21 Å². The molecule has 2 aliphatic heterocycles. The van der Waals surface area contributed by atoms with Crippen molar-refractivity contribution in [2.75, 3.05) is 0 Å². The van der Waals surface area contributed by atoms with Crippen LogP contribution in [-0.2, 0) is 0 Å². The summed E-state index contributed by atoms with van der Waals surface area (Å²) in [4.78, 5) is 15.5. The first kappa shape index (κ1) is 45.5. The van der Waals surface area contributed by atoms with Crippen LogP contribution in [0.4, 0.5) is 5.69 Å². The van der Waals surface area contributed by atoms with Gasteiger partial charge in [0.25, 0.3) is 0 Å². The van der Waals surface area contributed by atoms with Gasteiger partial charge in [-0.25, -0.2) is 4.98 Å². The Bertz CT molecular complexity index is 4080. The molecule has 2 aliphatic rings. The molecule has 0 N–H and O–H groups in total. The number of benzene rings is 9. The summed E-state index contributed by atoms with van der Waals surface area (Å²) >= 11 is 0. The minimum absolute atomic E-state index is 0.0576. The quantitative estimate of drug-likeness (QED) is 0.128. The molecule has 0 saturated carbocycles. The normalized spacial score (nSPS) is 13.1. The molecule has 0 amide bonds. The molecule has 77 heavy (non-hydrogen) atoms. The summed E-state index contributed by atoms with van der Waals surface area (Å²) in [7, 11) is 0. The van der Waals surface area contributed by atoms with Crippen molar-refractivity contribution in [2.45, 2.75) is 6.04 Å². The minimum Gasteiger partial charge on any atom is -0.256 e. The van der Waals surface area contributed by atoms with Crippen molar-refractivity contribution in [3.05, 3.63) is 291 Å². The average molecular weight is 982 g/mol. The van der Waals surface area contributed by atoms with E-state index >= 15 is 0 Å². The second-order valence-electron chi connectivity index (χ2n) is 19.7. The van der Waals surface area contributed by atoms with Crippen LogP contribution in [0.15, 0.2) is 286 Å². The van der Waals surface area contributed by atoms with Gasteiger partial charge in [-0.15, -0.1) is 0 Å². The Hall–Kier alpha value is -10.2. The minimum atomic E-state index is 0.0576. The zero-order chi connectivity index (χ0) is 51.1. The van der Waals surface area contributed by atoms with Gasteiger partial charge in [0.05, 0.1) is 17.0 Å². The maximum Gasteiger partial charge on any atom is 0.241 e. The van der Waals surface area contributed by atoms with Crippen molar-refractivity contribution < 1.29 is 4.58 Å². The van der Waals surface area contributed by atoms with Crippen molar-refractivity contribution >= 4 is 11.9 Å². The molecule has 0 bridgehead atoms. The highest BCUT2D eigenvalue weighted by Gasteiger charge is 2.40. The molecule has 4 nitrogen and oxygen atoms in total. The molecule has 1 unspecified atom stereocenters. The van der Waals surface area contributed by atoms with E-state index in [1.54, 1.807) is 0 Å². The van der Waals surface area contributed by atoms with E-state index in [1.165, 1.54) is 16.7 Å². The van der Waals surface area contributed by atoms with Crippen LogP contribution in [0.5, 0.6) is 0 Å². The van der Waals surface area contributed by atoms with E-state index in [0.29, 0.717) is 0 Å². The van der Waals surface area contributed by atoms with Crippen molar-refractivity contribution in [3.8, 4) is 123 Å². The highest BCUT2D eigenvalue weighted by atomic mass is 15.1. The number of allylic oxidation sites excluding steroid dienone is 1. The zero-order valence-electron chi connectivity index (χ0n) is 42.1. The fraction of sp³-hybridized carbons (Fsp3) is 0.0137. The van der Waals surface area contributed by atoms with E-state index < -0.39 is 0 Å². The fourth-order valence-electron chi connectivity index (χ4n) is 11.5. The highest BCUT2D eigenvalue weighted by molar-refractivity contribution is 6.01. The van der Waals surface area contributed by atoms with Crippen LogP contribution in [0.1, 0.15) is 11.6 Å². The lowest BCUT2D eigenvalue weighted by molar-refractivity contribution is -0.468. The summed E-state index contributed by atoms with van der Waals surface area (Å²) < 4.78 is 2.42. The molecule has 1 atom stereocenters. The van der Waals surface area contributed by atoms with Crippen molar-refractivity contribution in [2.24, 2.45) is 0 Å². The van der Waals surface area contributed by atoms with Gasteiger partial charge >= 0.3 is 0 Å². The maximum atomic E-state index is 5.45. The van der Waals surface area contributed by atoms with E-state index in [9.17, 15) is 0 Å². The maximum absolute atomic E-state index is 5.45. The van der Waals surface area contributed by atoms with E-state index in [0.717, 1.165) is 117 Å². The standard InChI is InChI=1S/C73H49N4/c1-4-19-49(20-5-1)50-34-36-53(37-35-50)71-67(48-76-72-66-32-17-16-31-65(66)70-33-18-42-77(70)73(71)72)64-30-15-14-29-63(64)58-44-56(61-27-12-10-25-59(61)54-38-40-68(74-46-54)51-21-6-2-7-22-51)43-57(45-58)62-28-13-11-26-60(62)55-39-41-69(75-47-55)52-23-8-3-9-24-52/h1-48,70H/q+1. The predicted molar refractivity (Wildman–Crippen MR) is 317 cm³/mol. The molecule has 14 rings (SSSR count). The first-order chi connectivity index (χ1) is 38.2. The Balaban J connectivity index is 0.974. The third-order valence-electron chi connectivity index (χ3n) is 15.2. The lowest BCUT2D eigenvalue weighted by Crippen LogP contribution is -2.18. The van der Waals surface area contributed by atoms with E-state index in [-0.39, 0.29) is 6.04 Å². The Labute approximate surface area is 449 Å². The summed E-state index contributed by atoms with van der Waals surface area (Å²) in [5.41, 5.74) is 26.3. The third-order valence-corrected chi connectivity index (χ3v) is 15.2. The largest absolute Gasteiger partial charge is 0.256 e. The lowest BCUT2D eigenvalue weighted by Gasteiger charge is -2.25. The van der Waals surface area contributed by atoms with E-state index in [2.05, 4.69) is 272 Å². The number of rotatable bonds is 10. The van der Waals surface area contributed by atoms with Crippen molar-refractivity contribution in [1.29, 1.82) is 0 Å². The molecule has 0 radical (unpaired) electrons. The van der Waals surface area contributed by atoms with Gasteiger partial charge in [0, 0.05) is 63.6 Å². The number of fused-ring (bicyclic) bond motifs is 6. The van der Waals surface area contributed by atoms with Crippen molar-refractivity contribution in [3.63, 3.8) is 0 Å². The van der Waals surface area contributed by atoms with Gasteiger partial charge in [-0.2, -0.15) is 4.58 Å². The number of hydrogen-bond acceptors (Lipinski definition) is 3. The average Bonchev–Trinajstić information content (AvgIpc) is 4.12. The summed E-state index contributed by atoms with van der Waals surface area (Å²) in [6.07, 6.45) is 12.8. The summed E-state index contributed by atoms with van der Waals surface area (Å²) in [5, 5.41) is 0. The SMILES string of the molecule is C1=CC2c3ccccc3-c3ncc(-c4ccccc4-c4cc(-c5ccccc5-c5ccc(-c6ccccc6)nc5)cc(-c5ccccc5-c5ccc(-c6ccccc6)nc5)c4)c(-c4ccc(-c5ccccc5)cc4)c3[N+]2=C1. The first-order valence-electron chi connectivity index (χ1n) is 26.3. The highest BCUT2D eigenvalue weighted by Crippen LogP contribution is 2.53. The van der Waals surface area contributed by atoms with E-state index in [4.69, 9.17) is 15.0 Å². The smallest absolute Gasteiger partial charge is 0.241 e. The first-order valence-corrected chi connectivity index (χ1v) is 26.3. The molecule has 0 saturated heterocycles. The number of hydrogen-bond donors (Lipinski definition) is 0. The fourth-order valence-corrected chi connectivity index (χ4v) is 11.5. The molecule has 0 spiro atoms. The molecule has 0 fully saturated rings. The van der Waals surface area contributed by atoms with Gasteiger partial charge < -0.3 is 0 Å². The van der Waals surface area contributed by atoms with Crippen LogP contribution in [0.2, 0.25) is 0 Å². The van der Waals surface area contributed by atoms with Crippen LogP contribution in [-0.4, -0.2) is 25.7 Å². The van der Waals surface area contributed by atoms with Gasteiger partial charge in [0.1, 0.15) is 5.69 Å². The van der Waals surface area contributed by atoms with Crippen LogP contribution in [0.3, 0.4) is 0 Å². The van der Waals surface area contributed by atoms with Crippen LogP contribution < -0.4 is 0 Å². The Morgan fingerprint density at radius 3 is 1.19 bits per heavy atom. The Kier molecular flexibility index (Phi) is 11.6. The second-order valence-corrected chi connectivity index (χ2v) is 19.7. The molecule has 9 aromatic carbocycles. The van der Waals surface area contributed by atoms with Gasteiger partial charge in [0.2, 0.25) is 11.7 Å². The predicted octanol–water partition coefficient (Wildman–Crippen LogP) is 18.5. The number of aromatic nitrogens is 3. The van der Waals surface area contributed by atoms with E-state index in [1.807, 2.05) is 24.5 Å². The summed E-state index contributed by atoms with van der Waals surface area (Å²) in [6.45, 7) is 0. The third kappa shape index (κ3) is 8.39. The molecule has 5 heterocycles. The molecule has 3 aromatic heterocycles. The van der Waals surface area contributed by atoms with Crippen LogP contribution in [0, 0.1) is 0 Å².